The first kappa shape index (κ1) is 30.0. The molecule has 0 aliphatic carbocycles. The fourth-order valence-electron chi connectivity index (χ4n) is 3.73. The number of sulfonamides is 1. The maximum Gasteiger partial charge on any atom is 0.242 e. The van der Waals surface area contributed by atoms with Gasteiger partial charge in [-0.1, -0.05) is 32.0 Å². The quantitative estimate of drug-likeness (QED) is 0.399. The Morgan fingerprint density at radius 1 is 0.973 bits per heavy atom. The number of carbonyl (C=O) groups is 2. The van der Waals surface area contributed by atoms with E-state index >= 15 is 0 Å². The topological polar surface area (TPSA) is 105 Å². The predicted octanol–water partition coefficient (Wildman–Crippen LogP) is 3.44. The molecule has 0 heterocycles. The largest absolute Gasteiger partial charge is 0.497 e. The van der Waals surface area contributed by atoms with Crippen LogP contribution >= 0.6 is 0 Å². The van der Waals surface area contributed by atoms with Crippen LogP contribution in [0.3, 0.4) is 0 Å². The summed E-state index contributed by atoms with van der Waals surface area (Å²) in [5.74, 6) is 1.05. The molecule has 37 heavy (non-hydrogen) atoms. The number of hydrogen-bond acceptors (Lipinski definition) is 6. The number of benzene rings is 2. The summed E-state index contributed by atoms with van der Waals surface area (Å²) in [4.78, 5) is 27.7. The second kappa shape index (κ2) is 13.9. The number of methoxy groups -OCH3 is 2. The van der Waals surface area contributed by atoms with Crippen LogP contribution in [0.15, 0.2) is 48.5 Å². The van der Waals surface area contributed by atoms with Crippen LogP contribution in [-0.4, -0.2) is 64.7 Å². The maximum atomic E-state index is 13.4. The monoisotopic (exact) mass is 533 g/mol. The van der Waals surface area contributed by atoms with E-state index in [0.29, 0.717) is 23.7 Å². The maximum absolute atomic E-state index is 13.4. The van der Waals surface area contributed by atoms with Crippen LogP contribution in [0, 0.1) is 5.92 Å². The van der Waals surface area contributed by atoms with Crippen molar-refractivity contribution in [1.29, 1.82) is 0 Å². The van der Waals surface area contributed by atoms with Crippen LogP contribution in [0.25, 0.3) is 0 Å². The average Bonchev–Trinajstić information content (AvgIpc) is 2.87. The van der Waals surface area contributed by atoms with Gasteiger partial charge in [0.15, 0.2) is 0 Å². The fourth-order valence-corrected chi connectivity index (χ4v) is 4.69. The first-order chi connectivity index (χ1) is 17.5. The molecule has 2 aromatic rings. The highest BCUT2D eigenvalue weighted by Crippen LogP contribution is 2.24. The van der Waals surface area contributed by atoms with Crippen LogP contribution in [0.5, 0.6) is 11.5 Å². The van der Waals surface area contributed by atoms with E-state index in [-0.39, 0.29) is 43.7 Å². The molecule has 1 N–H and O–H groups in total. The van der Waals surface area contributed by atoms with E-state index in [4.69, 9.17) is 9.47 Å². The molecule has 10 heteroatoms. The Hall–Kier alpha value is -3.27. The molecule has 0 unspecified atom stereocenters. The summed E-state index contributed by atoms with van der Waals surface area (Å²) in [5.41, 5.74) is 1.32. The lowest BCUT2D eigenvalue weighted by Gasteiger charge is -2.29. The second-order valence-electron chi connectivity index (χ2n) is 9.32. The molecule has 0 aliphatic rings. The Bertz CT molecular complexity index is 1140. The van der Waals surface area contributed by atoms with Gasteiger partial charge in [-0.15, -0.1) is 0 Å². The Labute approximate surface area is 220 Å². The summed E-state index contributed by atoms with van der Waals surface area (Å²) in [6.07, 6.45) is 1.49. The third kappa shape index (κ3) is 9.27. The Balaban J connectivity index is 2.17. The third-order valence-electron chi connectivity index (χ3n) is 5.86. The molecule has 0 aromatic heterocycles. The van der Waals surface area contributed by atoms with Gasteiger partial charge in [-0.25, -0.2) is 8.42 Å². The van der Waals surface area contributed by atoms with E-state index < -0.39 is 16.1 Å². The van der Waals surface area contributed by atoms with Gasteiger partial charge in [0.2, 0.25) is 21.8 Å². The highest BCUT2D eigenvalue weighted by atomic mass is 32.2. The minimum Gasteiger partial charge on any atom is -0.497 e. The van der Waals surface area contributed by atoms with Crippen LogP contribution in [-0.2, 0) is 26.2 Å². The van der Waals surface area contributed by atoms with Crippen molar-refractivity contribution in [3.63, 3.8) is 0 Å². The van der Waals surface area contributed by atoms with Crippen molar-refractivity contribution in [3.8, 4) is 11.5 Å². The van der Waals surface area contributed by atoms with Crippen molar-refractivity contribution in [2.24, 2.45) is 5.92 Å². The SMILES string of the molecule is COc1ccc(CN(C(=O)CCCN(c2cccc(OC)c2)S(C)(=O)=O)[C@H](C)C(=O)NCC(C)C)cc1. The second-order valence-corrected chi connectivity index (χ2v) is 11.2. The van der Waals surface area contributed by atoms with Crippen molar-refractivity contribution >= 4 is 27.5 Å². The number of amides is 2. The molecule has 204 valence electrons. The van der Waals surface area contributed by atoms with E-state index in [0.717, 1.165) is 11.8 Å². The van der Waals surface area contributed by atoms with E-state index in [2.05, 4.69) is 5.32 Å². The van der Waals surface area contributed by atoms with Crippen molar-refractivity contribution in [3.05, 3.63) is 54.1 Å². The lowest BCUT2D eigenvalue weighted by molar-refractivity contribution is -0.140. The van der Waals surface area contributed by atoms with Crippen LogP contribution in [0.4, 0.5) is 5.69 Å². The summed E-state index contributed by atoms with van der Waals surface area (Å²) in [7, 11) is -0.492. The summed E-state index contributed by atoms with van der Waals surface area (Å²) < 4.78 is 36.7. The summed E-state index contributed by atoms with van der Waals surface area (Å²) in [6, 6.07) is 13.4. The summed E-state index contributed by atoms with van der Waals surface area (Å²) in [6.45, 7) is 6.57. The molecule has 2 aromatic carbocycles. The van der Waals surface area contributed by atoms with Gasteiger partial charge >= 0.3 is 0 Å². The Morgan fingerprint density at radius 3 is 2.19 bits per heavy atom. The van der Waals surface area contributed by atoms with Gasteiger partial charge in [0.1, 0.15) is 17.5 Å². The van der Waals surface area contributed by atoms with Crippen LogP contribution < -0.4 is 19.1 Å². The number of hydrogen-bond donors (Lipinski definition) is 1. The van der Waals surface area contributed by atoms with E-state index in [1.54, 1.807) is 50.4 Å². The average molecular weight is 534 g/mol. The molecule has 9 nitrogen and oxygen atoms in total. The standard InChI is InChI=1S/C27H39N3O6S/c1-20(2)18-28-27(32)21(3)29(19-22-12-14-24(35-4)15-13-22)26(31)11-8-16-30(37(6,33)34)23-9-7-10-25(17-23)36-5/h7,9-10,12-15,17,20-21H,8,11,16,18-19H2,1-6H3,(H,28,32)/t21-/m1/s1. The number of anilines is 1. The van der Waals surface area contributed by atoms with Crippen molar-refractivity contribution in [2.45, 2.75) is 46.2 Å². The number of ether oxygens (including phenoxy) is 2. The van der Waals surface area contributed by atoms with E-state index in [1.165, 1.54) is 16.3 Å². The summed E-state index contributed by atoms with van der Waals surface area (Å²) >= 11 is 0. The first-order valence-electron chi connectivity index (χ1n) is 12.3. The number of rotatable bonds is 14. The molecule has 0 radical (unpaired) electrons. The van der Waals surface area contributed by atoms with Gasteiger partial charge in [0.05, 0.1) is 26.2 Å². The third-order valence-corrected chi connectivity index (χ3v) is 7.05. The minimum atomic E-state index is -3.58. The van der Waals surface area contributed by atoms with Crippen molar-refractivity contribution < 1.29 is 27.5 Å². The molecule has 0 saturated carbocycles. The van der Waals surface area contributed by atoms with Gasteiger partial charge < -0.3 is 19.7 Å². The lowest BCUT2D eigenvalue weighted by atomic mass is 10.1. The molecule has 0 spiro atoms. The smallest absolute Gasteiger partial charge is 0.242 e. The molecule has 0 bridgehead atoms. The molecule has 0 fully saturated rings. The number of nitrogens with zero attached hydrogens (tertiary/aromatic N) is 2. The molecule has 2 amide bonds. The zero-order valence-electron chi connectivity index (χ0n) is 22.6. The first-order valence-corrected chi connectivity index (χ1v) is 14.1. The van der Waals surface area contributed by atoms with Gasteiger partial charge in [-0.3, -0.25) is 13.9 Å². The molecular formula is C27H39N3O6S. The predicted molar refractivity (Wildman–Crippen MR) is 145 cm³/mol. The number of carbonyl (C=O) groups excluding carboxylic acids is 2. The normalized spacial score (nSPS) is 12.1. The zero-order chi connectivity index (χ0) is 27.6. The molecule has 0 aliphatic heterocycles. The van der Waals surface area contributed by atoms with Gasteiger partial charge in [-0.2, -0.15) is 0 Å². The Kier molecular flexibility index (Phi) is 11.2. The molecule has 2 rings (SSSR count). The Morgan fingerprint density at radius 2 is 1.62 bits per heavy atom. The summed E-state index contributed by atoms with van der Waals surface area (Å²) in [5, 5.41) is 2.90. The lowest BCUT2D eigenvalue weighted by Crippen LogP contribution is -2.48. The van der Waals surface area contributed by atoms with E-state index in [1.807, 2.05) is 26.0 Å². The van der Waals surface area contributed by atoms with Crippen molar-refractivity contribution in [2.75, 3.05) is 37.9 Å². The van der Waals surface area contributed by atoms with Gasteiger partial charge in [0.25, 0.3) is 0 Å². The minimum absolute atomic E-state index is 0.0773. The fraction of sp³-hybridized carbons (Fsp3) is 0.481. The highest BCUT2D eigenvalue weighted by molar-refractivity contribution is 7.92. The van der Waals surface area contributed by atoms with E-state index in [9.17, 15) is 18.0 Å². The van der Waals surface area contributed by atoms with Crippen molar-refractivity contribution in [1.82, 2.24) is 10.2 Å². The zero-order valence-corrected chi connectivity index (χ0v) is 23.4. The molecule has 1 atom stereocenters. The molecular weight excluding hydrogens is 494 g/mol. The van der Waals surface area contributed by atoms with Gasteiger partial charge in [-0.05, 0) is 49.1 Å². The molecule has 0 saturated heterocycles. The van der Waals surface area contributed by atoms with Gasteiger partial charge in [0, 0.05) is 32.1 Å². The highest BCUT2D eigenvalue weighted by Gasteiger charge is 2.27. The van der Waals surface area contributed by atoms with Crippen LogP contribution in [0.2, 0.25) is 0 Å². The number of nitrogens with one attached hydrogen (secondary N) is 1. The van der Waals surface area contributed by atoms with Crippen LogP contribution in [0.1, 0.15) is 39.2 Å².